The minimum atomic E-state index is -4.71. The van der Waals surface area contributed by atoms with Crippen LogP contribution in [0.3, 0.4) is 0 Å². The number of anilines is 2. The molecule has 2 aromatic carbocycles. The Morgan fingerprint density at radius 3 is 2.12 bits per heavy atom. The van der Waals surface area contributed by atoms with E-state index < -0.39 is 48.5 Å². The molecule has 274 valence electrons. The second-order valence-corrected chi connectivity index (χ2v) is 15.3. The van der Waals surface area contributed by atoms with Crippen molar-refractivity contribution in [2.45, 2.75) is 46.0 Å². The third-order valence-electron chi connectivity index (χ3n) is 8.41. The van der Waals surface area contributed by atoms with Crippen LogP contribution in [0, 0.1) is 0 Å². The summed E-state index contributed by atoms with van der Waals surface area (Å²) in [6.45, 7) is 5.08. The molecule has 5 rings (SSSR count). The number of imidazole rings is 1. The van der Waals surface area contributed by atoms with Crippen molar-refractivity contribution in [3.63, 3.8) is 0 Å². The van der Waals surface area contributed by atoms with Gasteiger partial charge in [0.05, 0.1) is 46.6 Å². The molecule has 0 unspecified atom stereocenters. The SMILES string of the molecule is CCN1\C(=C/C=C/C=C/c2n(CCCS(=O)(=O)O)c3cc(-n4cccc4)ccc3[n+]2CC)N(CCCS(=O)(=O)O)c2cc(C(F)(F)F)c(Cl)cc21. The summed E-state index contributed by atoms with van der Waals surface area (Å²) in [5.41, 5.74) is 2.31. The van der Waals surface area contributed by atoms with E-state index in [-0.39, 0.29) is 25.1 Å². The Bertz CT molecular complexity index is 2210. The molecular formula is C34H38ClF3N5O6S2+. The highest BCUT2D eigenvalue weighted by Crippen LogP contribution is 2.47. The third-order valence-corrected chi connectivity index (χ3v) is 10.3. The Hall–Kier alpha value is -4.09. The molecule has 1 aliphatic rings. The molecule has 0 aliphatic carbocycles. The van der Waals surface area contributed by atoms with Crippen LogP contribution in [0.25, 0.3) is 22.8 Å². The van der Waals surface area contributed by atoms with Gasteiger partial charge in [0.1, 0.15) is 5.82 Å². The van der Waals surface area contributed by atoms with Crippen LogP contribution < -0.4 is 14.4 Å². The van der Waals surface area contributed by atoms with E-state index in [1.165, 1.54) is 6.07 Å². The van der Waals surface area contributed by atoms with Crippen molar-refractivity contribution in [2.24, 2.45) is 0 Å². The van der Waals surface area contributed by atoms with E-state index in [4.69, 9.17) is 11.6 Å². The van der Waals surface area contributed by atoms with E-state index in [1.807, 2.05) is 71.8 Å². The van der Waals surface area contributed by atoms with Gasteiger partial charge in [-0.15, -0.1) is 0 Å². The molecule has 0 radical (unpaired) electrons. The van der Waals surface area contributed by atoms with Crippen molar-refractivity contribution in [3.05, 3.63) is 101 Å². The second kappa shape index (κ2) is 15.3. The van der Waals surface area contributed by atoms with Crippen LogP contribution in [0.2, 0.25) is 5.02 Å². The second-order valence-electron chi connectivity index (χ2n) is 11.8. The molecule has 0 fully saturated rings. The van der Waals surface area contributed by atoms with Gasteiger partial charge in [-0.1, -0.05) is 29.8 Å². The Morgan fingerprint density at radius 2 is 1.51 bits per heavy atom. The first-order chi connectivity index (χ1) is 24.0. The van der Waals surface area contributed by atoms with Crippen LogP contribution in [0.5, 0.6) is 0 Å². The number of aryl methyl sites for hydroxylation is 2. The van der Waals surface area contributed by atoms with E-state index in [0.717, 1.165) is 28.6 Å². The summed E-state index contributed by atoms with van der Waals surface area (Å²) in [6.07, 6.45) is 8.02. The number of nitrogens with zero attached hydrogens (tertiary/aromatic N) is 5. The maximum absolute atomic E-state index is 13.8. The maximum atomic E-state index is 13.8. The predicted molar refractivity (Wildman–Crippen MR) is 192 cm³/mol. The molecule has 2 aromatic heterocycles. The van der Waals surface area contributed by atoms with Gasteiger partial charge in [0.15, 0.2) is 11.0 Å². The van der Waals surface area contributed by atoms with Crippen LogP contribution in [0.4, 0.5) is 24.5 Å². The number of hydrogen-bond acceptors (Lipinski definition) is 6. The zero-order valence-corrected chi connectivity index (χ0v) is 30.2. The molecule has 11 nitrogen and oxygen atoms in total. The van der Waals surface area contributed by atoms with E-state index in [1.54, 1.807) is 34.1 Å². The van der Waals surface area contributed by atoms with Gasteiger partial charge in [-0.3, -0.25) is 9.11 Å². The smallest absolute Gasteiger partial charge is 0.326 e. The van der Waals surface area contributed by atoms with Gasteiger partial charge in [-0.2, -0.15) is 30.0 Å². The zero-order chi connectivity index (χ0) is 37.1. The van der Waals surface area contributed by atoms with Gasteiger partial charge in [0.2, 0.25) is 0 Å². The quantitative estimate of drug-likeness (QED) is 0.0822. The van der Waals surface area contributed by atoms with Gasteiger partial charge in [-0.05, 0) is 62.7 Å². The summed E-state index contributed by atoms with van der Waals surface area (Å²) in [5.74, 6) is 0.288. The molecule has 4 aromatic rings. The minimum absolute atomic E-state index is 0.00287. The fourth-order valence-electron chi connectivity index (χ4n) is 6.26. The lowest BCUT2D eigenvalue weighted by Gasteiger charge is -2.24. The average molecular weight is 769 g/mol. The summed E-state index contributed by atoms with van der Waals surface area (Å²) >= 11 is 6.07. The Kier molecular flexibility index (Phi) is 11.4. The summed E-state index contributed by atoms with van der Waals surface area (Å²) in [6, 6.07) is 12.0. The van der Waals surface area contributed by atoms with Gasteiger partial charge < -0.3 is 14.4 Å². The molecule has 0 atom stereocenters. The van der Waals surface area contributed by atoms with E-state index in [9.17, 15) is 39.1 Å². The van der Waals surface area contributed by atoms with E-state index in [0.29, 0.717) is 31.1 Å². The van der Waals surface area contributed by atoms with Gasteiger partial charge in [0, 0.05) is 49.7 Å². The molecule has 1 aliphatic heterocycles. The van der Waals surface area contributed by atoms with Crippen molar-refractivity contribution in [1.82, 2.24) is 9.13 Å². The highest BCUT2D eigenvalue weighted by Gasteiger charge is 2.38. The Labute approximate surface area is 299 Å². The summed E-state index contributed by atoms with van der Waals surface area (Å²) < 4.78 is 112. The number of aromatic nitrogens is 3. The first-order valence-electron chi connectivity index (χ1n) is 16.1. The minimum Gasteiger partial charge on any atom is -0.326 e. The molecule has 0 saturated heterocycles. The predicted octanol–water partition coefficient (Wildman–Crippen LogP) is 6.72. The number of allylic oxidation sites excluding steroid dienone is 4. The molecule has 51 heavy (non-hydrogen) atoms. The summed E-state index contributed by atoms with van der Waals surface area (Å²) in [4.78, 5) is 3.34. The van der Waals surface area contributed by atoms with Crippen molar-refractivity contribution in [2.75, 3.05) is 34.4 Å². The van der Waals surface area contributed by atoms with Gasteiger partial charge >= 0.3 is 6.18 Å². The highest BCUT2D eigenvalue weighted by molar-refractivity contribution is 7.86. The summed E-state index contributed by atoms with van der Waals surface area (Å²) in [7, 11) is -8.46. The normalized spacial score (nSPS) is 15.0. The van der Waals surface area contributed by atoms with Crippen LogP contribution in [0.1, 0.15) is 38.1 Å². The number of fused-ring (bicyclic) bond motifs is 2. The topological polar surface area (TPSA) is 129 Å². The first kappa shape index (κ1) is 38.1. The van der Waals surface area contributed by atoms with Crippen molar-refractivity contribution in [3.8, 4) is 5.69 Å². The molecule has 0 saturated carbocycles. The third kappa shape index (κ3) is 8.87. The van der Waals surface area contributed by atoms with E-state index in [2.05, 4.69) is 4.57 Å². The summed E-state index contributed by atoms with van der Waals surface area (Å²) in [5, 5.41) is -0.464. The molecule has 0 spiro atoms. The first-order valence-corrected chi connectivity index (χ1v) is 19.7. The van der Waals surface area contributed by atoms with Crippen LogP contribution >= 0.6 is 11.6 Å². The zero-order valence-electron chi connectivity index (χ0n) is 27.8. The van der Waals surface area contributed by atoms with Gasteiger partial charge in [-0.25, -0.2) is 9.13 Å². The van der Waals surface area contributed by atoms with Crippen molar-refractivity contribution >= 4 is 60.3 Å². The van der Waals surface area contributed by atoms with Gasteiger partial charge in [0.25, 0.3) is 26.1 Å². The molecule has 3 heterocycles. The number of halogens is 4. The monoisotopic (exact) mass is 768 g/mol. The molecule has 17 heteroatoms. The highest BCUT2D eigenvalue weighted by atomic mass is 35.5. The van der Waals surface area contributed by atoms with Crippen LogP contribution in [-0.2, 0) is 39.5 Å². The lowest BCUT2D eigenvalue weighted by atomic mass is 10.1. The molecule has 2 N–H and O–H groups in total. The fourth-order valence-corrected chi connectivity index (χ4v) is 7.51. The van der Waals surface area contributed by atoms with Crippen LogP contribution in [-0.4, -0.2) is 59.7 Å². The number of alkyl halides is 3. The Balaban J connectivity index is 1.51. The maximum Gasteiger partial charge on any atom is 0.417 e. The number of rotatable bonds is 14. The molecule has 0 bridgehead atoms. The van der Waals surface area contributed by atoms with E-state index >= 15 is 0 Å². The van der Waals surface area contributed by atoms with Crippen molar-refractivity contribution < 1.29 is 43.7 Å². The standard InChI is InChI=1S/C34H37ClF3N5O6S2/c1-3-40-28-15-14-25(39-16-8-9-17-39)22-29(28)42(18-10-20-50(44,45)46)32(40)12-6-5-7-13-33-41(4-2)31-24-27(35)26(34(36,37)38)23-30(31)43(33)19-11-21-51(47,48)49/h5-9,12-17,22-24H,3-4,10-11,18-21H2,1-2H3,(H-,44,45,46,47,48,49)/p+1. The Morgan fingerprint density at radius 1 is 0.863 bits per heavy atom. The average Bonchev–Trinajstić information content (AvgIpc) is 3.74. The largest absolute Gasteiger partial charge is 0.417 e. The fraction of sp³-hybridized carbons (Fsp3) is 0.324. The molecular weight excluding hydrogens is 731 g/mol. The number of benzene rings is 2. The molecule has 0 amide bonds. The lowest BCUT2D eigenvalue weighted by molar-refractivity contribution is -0.670. The van der Waals surface area contributed by atoms with Crippen LogP contribution in [0.15, 0.2) is 85.0 Å². The number of hydrogen-bond donors (Lipinski definition) is 2. The lowest BCUT2D eigenvalue weighted by Crippen LogP contribution is -2.35. The van der Waals surface area contributed by atoms with Crippen molar-refractivity contribution in [1.29, 1.82) is 0 Å².